The lowest BCUT2D eigenvalue weighted by Gasteiger charge is -2.10. The summed E-state index contributed by atoms with van der Waals surface area (Å²) >= 11 is 0. The Labute approximate surface area is 152 Å². The predicted molar refractivity (Wildman–Crippen MR) is 102 cm³/mol. The molecule has 5 nitrogen and oxygen atoms in total. The van der Waals surface area contributed by atoms with Crippen LogP contribution in [0.3, 0.4) is 0 Å². The highest BCUT2D eigenvalue weighted by atomic mass is 16.2. The van der Waals surface area contributed by atoms with E-state index in [1.54, 1.807) is 18.2 Å². The zero-order valence-corrected chi connectivity index (χ0v) is 14.4. The van der Waals surface area contributed by atoms with Crippen LogP contribution in [0.5, 0.6) is 0 Å². The molecule has 2 N–H and O–H groups in total. The van der Waals surface area contributed by atoms with Crippen LogP contribution < -0.4 is 10.6 Å². The number of para-hydroxylation sites is 2. The number of pyridine rings is 1. The molecule has 5 heteroatoms. The number of hydrogen-bond acceptors (Lipinski definition) is 3. The molecule has 3 aromatic rings. The Morgan fingerprint density at radius 3 is 2.38 bits per heavy atom. The Morgan fingerprint density at radius 1 is 0.885 bits per heavy atom. The molecule has 0 aliphatic rings. The van der Waals surface area contributed by atoms with E-state index in [1.807, 2.05) is 49.4 Å². The number of nitrogens with one attached hydrogen (secondary N) is 2. The Morgan fingerprint density at radius 2 is 1.62 bits per heavy atom. The summed E-state index contributed by atoms with van der Waals surface area (Å²) in [5, 5.41) is 5.65. The van der Waals surface area contributed by atoms with Gasteiger partial charge in [0.1, 0.15) is 5.69 Å². The molecule has 2 amide bonds. The maximum atomic E-state index is 12.5. The van der Waals surface area contributed by atoms with Crippen LogP contribution in [0.2, 0.25) is 0 Å². The van der Waals surface area contributed by atoms with E-state index in [0.29, 0.717) is 11.3 Å². The lowest BCUT2D eigenvalue weighted by atomic mass is 10.1. The molecule has 3 rings (SSSR count). The minimum atomic E-state index is -0.347. The van der Waals surface area contributed by atoms with Crippen LogP contribution in [0.4, 0.5) is 11.4 Å². The summed E-state index contributed by atoms with van der Waals surface area (Å²) in [7, 11) is 0. The topological polar surface area (TPSA) is 71.1 Å². The quantitative estimate of drug-likeness (QED) is 0.730. The van der Waals surface area contributed by atoms with Crippen molar-refractivity contribution in [3.63, 3.8) is 0 Å². The summed E-state index contributed by atoms with van der Waals surface area (Å²) in [5.41, 5.74) is 3.05. The van der Waals surface area contributed by atoms with E-state index in [1.165, 1.54) is 12.3 Å². The summed E-state index contributed by atoms with van der Waals surface area (Å²) in [4.78, 5) is 29.0. The lowest BCUT2D eigenvalue weighted by Crippen LogP contribution is -2.17. The van der Waals surface area contributed by atoms with Crippen LogP contribution in [-0.2, 0) is 6.42 Å². The number of amides is 2. The van der Waals surface area contributed by atoms with Crippen molar-refractivity contribution in [2.24, 2.45) is 0 Å². The minimum Gasteiger partial charge on any atom is -0.322 e. The number of rotatable bonds is 5. The average Bonchev–Trinajstić information content (AvgIpc) is 2.69. The standard InChI is InChI=1S/C21H19N3O2/c1-2-15-8-6-7-11-18(15)24-21(26)19-14-16(12-13-22-19)20(25)23-17-9-4-3-5-10-17/h3-14H,2H2,1H3,(H,23,25)(H,24,26). The SMILES string of the molecule is CCc1ccccc1NC(=O)c1cc(C(=O)Nc2ccccc2)ccn1. The monoisotopic (exact) mass is 345 g/mol. The second-order valence-electron chi connectivity index (χ2n) is 5.71. The van der Waals surface area contributed by atoms with Gasteiger partial charge in [-0.2, -0.15) is 0 Å². The molecule has 26 heavy (non-hydrogen) atoms. The van der Waals surface area contributed by atoms with Crippen LogP contribution in [0.1, 0.15) is 33.3 Å². The second-order valence-corrected chi connectivity index (χ2v) is 5.71. The van der Waals surface area contributed by atoms with E-state index in [0.717, 1.165) is 17.7 Å². The number of aryl methyl sites for hydroxylation is 1. The summed E-state index contributed by atoms with van der Waals surface area (Å²) in [6.07, 6.45) is 2.27. The highest BCUT2D eigenvalue weighted by Crippen LogP contribution is 2.17. The number of nitrogens with zero attached hydrogens (tertiary/aromatic N) is 1. The molecule has 0 unspecified atom stereocenters. The van der Waals surface area contributed by atoms with Gasteiger partial charge in [-0.15, -0.1) is 0 Å². The molecule has 0 aliphatic heterocycles. The molecule has 2 aromatic carbocycles. The lowest BCUT2D eigenvalue weighted by molar-refractivity contribution is 0.102. The van der Waals surface area contributed by atoms with Crippen molar-refractivity contribution in [3.8, 4) is 0 Å². The van der Waals surface area contributed by atoms with E-state index in [2.05, 4.69) is 15.6 Å². The van der Waals surface area contributed by atoms with Crippen LogP contribution in [-0.4, -0.2) is 16.8 Å². The van der Waals surface area contributed by atoms with Crippen LogP contribution in [0.25, 0.3) is 0 Å². The predicted octanol–water partition coefficient (Wildman–Crippen LogP) is 4.15. The summed E-state index contributed by atoms with van der Waals surface area (Å²) in [5.74, 6) is -0.637. The van der Waals surface area contributed by atoms with E-state index in [9.17, 15) is 9.59 Å². The normalized spacial score (nSPS) is 10.2. The van der Waals surface area contributed by atoms with Crippen molar-refractivity contribution in [2.45, 2.75) is 13.3 Å². The van der Waals surface area contributed by atoms with Crippen molar-refractivity contribution >= 4 is 23.2 Å². The van der Waals surface area contributed by atoms with Gasteiger partial charge in [-0.05, 0) is 42.3 Å². The van der Waals surface area contributed by atoms with Gasteiger partial charge in [0.25, 0.3) is 11.8 Å². The van der Waals surface area contributed by atoms with E-state index >= 15 is 0 Å². The van der Waals surface area contributed by atoms with Gasteiger partial charge in [0.2, 0.25) is 0 Å². The number of hydrogen-bond donors (Lipinski definition) is 2. The van der Waals surface area contributed by atoms with Gasteiger partial charge in [0.15, 0.2) is 0 Å². The van der Waals surface area contributed by atoms with Gasteiger partial charge in [0, 0.05) is 23.1 Å². The fourth-order valence-electron chi connectivity index (χ4n) is 2.56. The maximum absolute atomic E-state index is 12.5. The number of aromatic nitrogens is 1. The first kappa shape index (κ1) is 17.4. The van der Waals surface area contributed by atoms with Gasteiger partial charge < -0.3 is 10.6 Å². The van der Waals surface area contributed by atoms with Gasteiger partial charge in [-0.25, -0.2) is 0 Å². The van der Waals surface area contributed by atoms with E-state index in [4.69, 9.17) is 0 Å². The Hall–Kier alpha value is -3.47. The molecular formula is C21H19N3O2. The van der Waals surface area contributed by atoms with Crippen LogP contribution >= 0.6 is 0 Å². The number of carbonyl (C=O) groups is 2. The van der Waals surface area contributed by atoms with Gasteiger partial charge in [-0.3, -0.25) is 14.6 Å². The summed E-state index contributed by atoms with van der Waals surface area (Å²) < 4.78 is 0. The highest BCUT2D eigenvalue weighted by molar-refractivity contribution is 6.08. The molecule has 0 saturated heterocycles. The number of anilines is 2. The number of carbonyl (C=O) groups excluding carboxylic acids is 2. The first-order valence-corrected chi connectivity index (χ1v) is 8.39. The van der Waals surface area contributed by atoms with Crippen molar-refractivity contribution < 1.29 is 9.59 Å². The summed E-state index contributed by atoms with van der Waals surface area (Å²) in [6.45, 7) is 2.03. The van der Waals surface area contributed by atoms with Crippen molar-refractivity contribution in [2.75, 3.05) is 10.6 Å². The van der Waals surface area contributed by atoms with Crippen LogP contribution in [0, 0.1) is 0 Å². The summed E-state index contributed by atoms with van der Waals surface area (Å²) in [6, 6.07) is 19.8. The second kappa shape index (κ2) is 8.07. The molecule has 0 radical (unpaired) electrons. The van der Waals surface area contributed by atoms with Crippen molar-refractivity contribution in [1.82, 2.24) is 4.98 Å². The fourth-order valence-corrected chi connectivity index (χ4v) is 2.56. The third-order valence-electron chi connectivity index (χ3n) is 3.93. The average molecular weight is 345 g/mol. The van der Waals surface area contributed by atoms with Gasteiger partial charge in [-0.1, -0.05) is 43.3 Å². The zero-order chi connectivity index (χ0) is 18.4. The van der Waals surface area contributed by atoms with Crippen LogP contribution in [0.15, 0.2) is 72.9 Å². The van der Waals surface area contributed by atoms with Gasteiger partial charge >= 0.3 is 0 Å². The molecule has 1 heterocycles. The molecular weight excluding hydrogens is 326 g/mol. The molecule has 0 spiro atoms. The maximum Gasteiger partial charge on any atom is 0.274 e. The minimum absolute atomic E-state index is 0.191. The molecule has 0 saturated carbocycles. The fraction of sp³-hybridized carbons (Fsp3) is 0.0952. The van der Waals surface area contributed by atoms with E-state index < -0.39 is 0 Å². The van der Waals surface area contributed by atoms with Crippen molar-refractivity contribution in [1.29, 1.82) is 0 Å². The molecule has 1 aromatic heterocycles. The number of benzene rings is 2. The Bertz CT molecular complexity index is 923. The molecule has 0 fully saturated rings. The molecule has 0 bridgehead atoms. The first-order chi connectivity index (χ1) is 12.7. The third kappa shape index (κ3) is 4.13. The smallest absolute Gasteiger partial charge is 0.274 e. The van der Waals surface area contributed by atoms with Gasteiger partial charge in [0.05, 0.1) is 0 Å². The molecule has 0 atom stereocenters. The zero-order valence-electron chi connectivity index (χ0n) is 14.4. The van der Waals surface area contributed by atoms with E-state index in [-0.39, 0.29) is 17.5 Å². The third-order valence-corrected chi connectivity index (χ3v) is 3.93. The first-order valence-electron chi connectivity index (χ1n) is 8.39. The Balaban J connectivity index is 1.76. The Kier molecular flexibility index (Phi) is 5.39. The molecule has 0 aliphatic carbocycles. The largest absolute Gasteiger partial charge is 0.322 e. The van der Waals surface area contributed by atoms with Crippen molar-refractivity contribution in [3.05, 3.63) is 89.7 Å². The highest BCUT2D eigenvalue weighted by Gasteiger charge is 2.13. The molecule has 130 valence electrons.